The molecule has 2 bridgehead atoms. The minimum absolute atomic E-state index is 0.358. The van der Waals surface area contributed by atoms with Gasteiger partial charge >= 0.3 is 0 Å². The largest absolute Gasteiger partial charge is 0.342 e. The van der Waals surface area contributed by atoms with Crippen LogP contribution in [0.2, 0.25) is 0 Å². The van der Waals surface area contributed by atoms with E-state index in [1.807, 2.05) is 0 Å². The van der Waals surface area contributed by atoms with Crippen LogP contribution in [0.4, 0.5) is 0 Å². The summed E-state index contributed by atoms with van der Waals surface area (Å²) in [5, 5.41) is 0. The molecule has 0 unspecified atom stereocenters. The fourth-order valence-corrected chi connectivity index (χ4v) is 5.60. The Bertz CT molecular complexity index is 472. The van der Waals surface area contributed by atoms with E-state index < -0.39 is 0 Å². The Kier molecular flexibility index (Phi) is 4.33. The third kappa shape index (κ3) is 3.14. The van der Waals surface area contributed by atoms with E-state index in [2.05, 4.69) is 9.80 Å². The van der Waals surface area contributed by atoms with E-state index in [9.17, 15) is 9.59 Å². The van der Waals surface area contributed by atoms with Gasteiger partial charge in [0.05, 0.1) is 0 Å². The second-order valence-electron chi connectivity index (χ2n) is 8.36. The molecule has 3 atom stereocenters. The average molecular weight is 318 g/mol. The molecule has 1 aliphatic carbocycles. The van der Waals surface area contributed by atoms with Crippen molar-refractivity contribution in [3.63, 3.8) is 0 Å². The summed E-state index contributed by atoms with van der Waals surface area (Å²) >= 11 is 0. The van der Waals surface area contributed by atoms with Crippen molar-refractivity contribution in [2.24, 2.45) is 17.8 Å². The van der Waals surface area contributed by atoms with Crippen LogP contribution in [0.15, 0.2) is 0 Å². The van der Waals surface area contributed by atoms with Crippen molar-refractivity contribution in [2.45, 2.75) is 70.3 Å². The molecule has 2 amide bonds. The highest BCUT2D eigenvalue weighted by Gasteiger charge is 2.44. The van der Waals surface area contributed by atoms with E-state index in [0.29, 0.717) is 29.7 Å². The standard InChI is InChI=1S/C19H30N2O2/c22-18(9-8-14-4-1-2-5-14)20-11-15-10-16(13-20)17-6-3-7-19(23)21(17)12-15/h14-17H,1-13H2/t15-,16-,17-/m1/s1. The summed E-state index contributed by atoms with van der Waals surface area (Å²) in [6.07, 6.45) is 11.4. The minimum Gasteiger partial charge on any atom is -0.342 e. The number of fused-ring (bicyclic) bond motifs is 4. The van der Waals surface area contributed by atoms with Crippen LogP contribution in [0.25, 0.3) is 0 Å². The predicted molar refractivity (Wildman–Crippen MR) is 88.7 cm³/mol. The molecule has 3 aliphatic heterocycles. The summed E-state index contributed by atoms with van der Waals surface area (Å²) in [5.41, 5.74) is 0. The molecule has 0 aromatic heterocycles. The number of nitrogens with zero attached hydrogens (tertiary/aromatic N) is 2. The lowest BCUT2D eigenvalue weighted by Crippen LogP contribution is -2.61. The van der Waals surface area contributed by atoms with Crippen molar-refractivity contribution in [1.29, 1.82) is 0 Å². The van der Waals surface area contributed by atoms with Gasteiger partial charge in [0.25, 0.3) is 0 Å². The van der Waals surface area contributed by atoms with Crippen LogP contribution in [-0.4, -0.2) is 47.3 Å². The summed E-state index contributed by atoms with van der Waals surface area (Å²) in [6, 6.07) is 0.415. The number of carbonyl (C=O) groups is 2. The molecule has 0 aromatic rings. The first-order chi connectivity index (χ1) is 11.2. The molecule has 23 heavy (non-hydrogen) atoms. The van der Waals surface area contributed by atoms with Gasteiger partial charge in [-0.25, -0.2) is 0 Å². The molecular weight excluding hydrogens is 288 g/mol. The van der Waals surface area contributed by atoms with Crippen molar-refractivity contribution < 1.29 is 9.59 Å². The lowest BCUT2D eigenvalue weighted by atomic mass is 9.76. The van der Waals surface area contributed by atoms with E-state index in [1.165, 1.54) is 32.1 Å². The highest BCUT2D eigenvalue weighted by molar-refractivity contribution is 5.78. The van der Waals surface area contributed by atoms with Gasteiger partial charge in [0.15, 0.2) is 0 Å². The Balaban J connectivity index is 1.35. The van der Waals surface area contributed by atoms with Crippen molar-refractivity contribution >= 4 is 11.8 Å². The van der Waals surface area contributed by atoms with Gasteiger partial charge in [-0.3, -0.25) is 9.59 Å². The molecule has 4 rings (SSSR count). The Hall–Kier alpha value is -1.06. The van der Waals surface area contributed by atoms with Crippen molar-refractivity contribution in [3.8, 4) is 0 Å². The Morgan fingerprint density at radius 2 is 1.87 bits per heavy atom. The average Bonchev–Trinajstić information content (AvgIpc) is 3.07. The van der Waals surface area contributed by atoms with Crippen LogP contribution in [0, 0.1) is 17.8 Å². The number of hydrogen-bond acceptors (Lipinski definition) is 2. The molecule has 128 valence electrons. The topological polar surface area (TPSA) is 40.6 Å². The third-order valence-corrected chi connectivity index (χ3v) is 6.77. The van der Waals surface area contributed by atoms with Gasteiger partial charge in [0, 0.05) is 38.5 Å². The van der Waals surface area contributed by atoms with Crippen molar-refractivity contribution in [2.75, 3.05) is 19.6 Å². The molecule has 1 saturated carbocycles. The van der Waals surface area contributed by atoms with E-state index in [4.69, 9.17) is 0 Å². The molecule has 0 N–H and O–H groups in total. The molecule has 0 aromatic carbocycles. The molecule has 3 heterocycles. The summed E-state index contributed by atoms with van der Waals surface area (Å²) in [4.78, 5) is 29.1. The van der Waals surface area contributed by atoms with E-state index in [-0.39, 0.29) is 0 Å². The highest BCUT2D eigenvalue weighted by Crippen LogP contribution is 2.38. The highest BCUT2D eigenvalue weighted by atomic mass is 16.2. The van der Waals surface area contributed by atoms with E-state index in [0.717, 1.165) is 57.7 Å². The number of piperidine rings is 3. The molecule has 4 fully saturated rings. The maximum absolute atomic E-state index is 12.7. The molecule has 4 aliphatic rings. The Morgan fingerprint density at radius 1 is 1.04 bits per heavy atom. The molecule has 0 radical (unpaired) electrons. The summed E-state index contributed by atoms with van der Waals surface area (Å²) in [7, 11) is 0. The summed E-state index contributed by atoms with van der Waals surface area (Å²) in [5.74, 6) is 2.58. The second kappa shape index (κ2) is 6.45. The van der Waals surface area contributed by atoms with E-state index in [1.54, 1.807) is 0 Å². The van der Waals surface area contributed by atoms with Crippen LogP contribution in [0.3, 0.4) is 0 Å². The van der Waals surface area contributed by atoms with Gasteiger partial charge in [0.2, 0.25) is 11.8 Å². The normalized spacial score (nSPS) is 34.6. The molecular formula is C19H30N2O2. The van der Waals surface area contributed by atoms with Gasteiger partial charge in [-0.1, -0.05) is 25.7 Å². The molecule has 3 saturated heterocycles. The lowest BCUT2D eigenvalue weighted by molar-refractivity contribution is -0.148. The third-order valence-electron chi connectivity index (χ3n) is 6.77. The van der Waals surface area contributed by atoms with Crippen molar-refractivity contribution in [3.05, 3.63) is 0 Å². The SMILES string of the molecule is O=C(CCC1CCCC1)N1C[C@H]2C[C@H](C1)[C@H]1CCCC(=O)N1C2. The van der Waals surface area contributed by atoms with Crippen LogP contribution in [0.1, 0.15) is 64.2 Å². The first kappa shape index (κ1) is 15.5. The summed E-state index contributed by atoms with van der Waals surface area (Å²) < 4.78 is 0. The number of hydrogen-bond donors (Lipinski definition) is 0. The molecule has 4 heteroatoms. The van der Waals surface area contributed by atoms with Gasteiger partial charge in [-0.15, -0.1) is 0 Å². The monoisotopic (exact) mass is 318 g/mol. The fourth-order valence-electron chi connectivity index (χ4n) is 5.60. The molecule has 0 spiro atoms. The van der Waals surface area contributed by atoms with Gasteiger partial charge in [-0.05, 0) is 43.4 Å². The quantitative estimate of drug-likeness (QED) is 0.803. The fraction of sp³-hybridized carbons (Fsp3) is 0.895. The zero-order valence-corrected chi connectivity index (χ0v) is 14.2. The predicted octanol–water partition coefficient (Wildman–Crippen LogP) is 2.82. The lowest BCUT2D eigenvalue weighted by Gasteiger charge is -2.52. The number of carbonyl (C=O) groups excluding carboxylic acids is 2. The number of likely N-dealkylation sites (tertiary alicyclic amines) is 1. The van der Waals surface area contributed by atoms with Crippen LogP contribution < -0.4 is 0 Å². The first-order valence-electron chi connectivity index (χ1n) is 9.78. The zero-order chi connectivity index (χ0) is 15.8. The number of rotatable bonds is 3. The maximum atomic E-state index is 12.7. The van der Waals surface area contributed by atoms with Crippen LogP contribution >= 0.6 is 0 Å². The van der Waals surface area contributed by atoms with E-state index >= 15 is 0 Å². The van der Waals surface area contributed by atoms with Crippen LogP contribution in [0.5, 0.6) is 0 Å². The van der Waals surface area contributed by atoms with Gasteiger partial charge in [0.1, 0.15) is 0 Å². The second-order valence-corrected chi connectivity index (χ2v) is 8.36. The Labute approximate surface area is 139 Å². The molecule has 4 nitrogen and oxygen atoms in total. The van der Waals surface area contributed by atoms with Crippen molar-refractivity contribution in [1.82, 2.24) is 9.80 Å². The van der Waals surface area contributed by atoms with Gasteiger partial charge in [-0.2, -0.15) is 0 Å². The first-order valence-corrected chi connectivity index (χ1v) is 9.78. The smallest absolute Gasteiger partial charge is 0.222 e. The van der Waals surface area contributed by atoms with Crippen LogP contribution in [-0.2, 0) is 9.59 Å². The Morgan fingerprint density at radius 3 is 2.70 bits per heavy atom. The minimum atomic E-state index is 0.358. The maximum Gasteiger partial charge on any atom is 0.222 e. The van der Waals surface area contributed by atoms with Gasteiger partial charge < -0.3 is 9.80 Å². The number of amides is 2. The zero-order valence-electron chi connectivity index (χ0n) is 14.2. The summed E-state index contributed by atoms with van der Waals surface area (Å²) in [6.45, 7) is 2.68.